The summed E-state index contributed by atoms with van der Waals surface area (Å²) in [5, 5.41) is 2.38. The Balaban J connectivity index is 2.07. The van der Waals surface area contributed by atoms with Crippen LogP contribution in [-0.2, 0) is 12.7 Å². The molecule has 2 aromatic rings. The summed E-state index contributed by atoms with van der Waals surface area (Å²) < 4.78 is 37.7. The van der Waals surface area contributed by atoms with Gasteiger partial charge in [-0.3, -0.25) is 9.78 Å². The molecular weight excluding hydrogens is 279 g/mol. The number of halogens is 3. The minimum atomic E-state index is -4.63. The van der Waals surface area contributed by atoms with E-state index >= 15 is 0 Å². The van der Waals surface area contributed by atoms with Gasteiger partial charge in [0.1, 0.15) is 4.88 Å². The Morgan fingerprint density at radius 2 is 2.11 bits per heavy atom. The van der Waals surface area contributed by atoms with Crippen LogP contribution in [0.15, 0.2) is 29.9 Å². The summed E-state index contributed by atoms with van der Waals surface area (Å²) in [6.07, 6.45) is -3.09. The van der Waals surface area contributed by atoms with Crippen LogP contribution in [0.2, 0.25) is 0 Å². The molecule has 0 saturated carbocycles. The van der Waals surface area contributed by atoms with E-state index in [1.165, 1.54) is 6.20 Å². The van der Waals surface area contributed by atoms with Crippen LogP contribution in [0.1, 0.15) is 21.1 Å². The van der Waals surface area contributed by atoms with Crippen molar-refractivity contribution in [1.29, 1.82) is 0 Å². The topological polar surface area (TPSA) is 54.9 Å². The second-order valence-electron chi connectivity index (χ2n) is 3.53. The molecule has 0 aromatic carbocycles. The molecule has 0 aliphatic heterocycles. The molecule has 1 amide bonds. The fourth-order valence-corrected chi connectivity index (χ4v) is 2.09. The summed E-state index contributed by atoms with van der Waals surface area (Å²) in [6, 6.07) is 5.09. The lowest BCUT2D eigenvalue weighted by Crippen LogP contribution is -2.25. The number of hydrogen-bond donors (Lipinski definition) is 1. The van der Waals surface area contributed by atoms with Crippen LogP contribution in [0, 0.1) is 0 Å². The van der Waals surface area contributed by atoms with Crippen molar-refractivity contribution in [2.45, 2.75) is 12.7 Å². The second-order valence-corrected chi connectivity index (χ2v) is 4.39. The van der Waals surface area contributed by atoms with Crippen LogP contribution in [0.25, 0.3) is 0 Å². The highest BCUT2D eigenvalue weighted by Gasteiger charge is 2.38. The molecule has 0 atom stereocenters. The average molecular weight is 287 g/mol. The number of alkyl halides is 3. The van der Waals surface area contributed by atoms with Crippen molar-refractivity contribution in [2.24, 2.45) is 0 Å². The van der Waals surface area contributed by atoms with Crippen LogP contribution in [-0.4, -0.2) is 15.9 Å². The average Bonchev–Trinajstić information content (AvgIpc) is 2.86. The van der Waals surface area contributed by atoms with E-state index in [0.717, 1.165) is 5.51 Å². The SMILES string of the molecule is O=C(NCc1ccccn1)c1scnc1C(F)(F)F. The maximum Gasteiger partial charge on any atom is 0.434 e. The molecule has 0 spiro atoms. The van der Waals surface area contributed by atoms with Gasteiger partial charge in [0.15, 0.2) is 5.69 Å². The summed E-state index contributed by atoms with van der Waals surface area (Å²) in [5.41, 5.74) is 0.406. The zero-order valence-electron chi connectivity index (χ0n) is 9.44. The fraction of sp³-hybridized carbons (Fsp3) is 0.182. The van der Waals surface area contributed by atoms with Crippen LogP contribution in [0.3, 0.4) is 0 Å². The molecule has 1 N–H and O–H groups in total. The van der Waals surface area contributed by atoms with E-state index in [0.29, 0.717) is 17.0 Å². The Morgan fingerprint density at radius 1 is 1.32 bits per heavy atom. The van der Waals surface area contributed by atoms with Crippen molar-refractivity contribution < 1.29 is 18.0 Å². The monoisotopic (exact) mass is 287 g/mol. The van der Waals surface area contributed by atoms with Gasteiger partial charge in [-0.2, -0.15) is 13.2 Å². The van der Waals surface area contributed by atoms with Gasteiger partial charge in [0.05, 0.1) is 17.7 Å². The first-order valence-electron chi connectivity index (χ1n) is 5.17. The minimum absolute atomic E-state index is 0.0644. The van der Waals surface area contributed by atoms with E-state index in [4.69, 9.17) is 0 Å². The molecule has 19 heavy (non-hydrogen) atoms. The normalized spacial score (nSPS) is 11.3. The molecule has 2 aromatic heterocycles. The lowest BCUT2D eigenvalue weighted by atomic mass is 10.3. The number of thiazole rings is 1. The molecule has 0 bridgehead atoms. The van der Waals surface area contributed by atoms with Crippen molar-refractivity contribution in [2.75, 3.05) is 0 Å². The molecule has 0 unspecified atom stereocenters. The zero-order valence-corrected chi connectivity index (χ0v) is 10.3. The number of nitrogens with zero attached hydrogens (tertiary/aromatic N) is 2. The van der Waals surface area contributed by atoms with Crippen LogP contribution in [0.4, 0.5) is 13.2 Å². The Morgan fingerprint density at radius 3 is 2.74 bits per heavy atom. The third kappa shape index (κ3) is 3.28. The Labute approximate surface area is 110 Å². The molecule has 8 heteroatoms. The minimum Gasteiger partial charge on any atom is -0.346 e. The van der Waals surface area contributed by atoms with Gasteiger partial charge >= 0.3 is 6.18 Å². The van der Waals surface area contributed by atoms with Gasteiger partial charge in [-0.1, -0.05) is 6.07 Å². The number of hydrogen-bond acceptors (Lipinski definition) is 4. The summed E-state index contributed by atoms with van der Waals surface area (Å²) in [7, 11) is 0. The predicted octanol–water partition coefficient (Wildman–Crippen LogP) is 2.49. The third-order valence-corrected chi connectivity index (χ3v) is 3.02. The van der Waals surface area contributed by atoms with Gasteiger partial charge in [-0.25, -0.2) is 4.98 Å². The third-order valence-electron chi connectivity index (χ3n) is 2.20. The highest BCUT2D eigenvalue weighted by Crippen LogP contribution is 2.32. The van der Waals surface area contributed by atoms with Crippen molar-refractivity contribution >= 4 is 17.2 Å². The van der Waals surface area contributed by atoms with Gasteiger partial charge < -0.3 is 5.32 Å². The smallest absolute Gasteiger partial charge is 0.346 e. The Kier molecular flexibility index (Phi) is 3.79. The quantitative estimate of drug-likeness (QED) is 0.943. The lowest BCUT2D eigenvalue weighted by Gasteiger charge is -2.07. The van der Waals surface area contributed by atoms with Gasteiger partial charge in [-0.15, -0.1) is 11.3 Å². The van der Waals surface area contributed by atoms with E-state index in [9.17, 15) is 18.0 Å². The number of pyridine rings is 1. The van der Waals surface area contributed by atoms with Gasteiger partial charge in [-0.05, 0) is 12.1 Å². The first kappa shape index (κ1) is 13.5. The fourth-order valence-electron chi connectivity index (χ4n) is 1.36. The number of aromatic nitrogens is 2. The largest absolute Gasteiger partial charge is 0.434 e. The van der Waals surface area contributed by atoms with E-state index in [-0.39, 0.29) is 6.54 Å². The summed E-state index contributed by atoms with van der Waals surface area (Å²) in [5.74, 6) is -0.805. The standard InChI is InChI=1S/C11H8F3N3OS/c12-11(13,14)9-8(19-6-17-9)10(18)16-5-7-3-1-2-4-15-7/h1-4,6H,5H2,(H,16,18). The molecule has 2 rings (SSSR count). The first-order chi connectivity index (χ1) is 8.98. The molecular formula is C11H8F3N3OS. The van der Waals surface area contributed by atoms with E-state index in [1.54, 1.807) is 18.2 Å². The number of rotatable bonds is 3. The lowest BCUT2D eigenvalue weighted by molar-refractivity contribution is -0.141. The van der Waals surface area contributed by atoms with Crippen molar-refractivity contribution in [3.8, 4) is 0 Å². The maximum atomic E-state index is 12.6. The number of nitrogens with one attached hydrogen (secondary N) is 1. The van der Waals surface area contributed by atoms with Gasteiger partial charge in [0.2, 0.25) is 0 Å². The summed E-state index contributed by atoms with van der Waals surface area (Å²) in [4.78, 5) is 18.4. The second kappa shape index (κ2) is 5.35. The zero-order chi connectivity index (χ0) is 13.9. The van der Waals surface area contributed by atoms with E-state index in [1.807, 2.05) is 0 Å². The maximum absolute atomic E-state index is 12.6. The van der Waals surface area contributed by atoms with Gasteiger partial charge in [0.25, 0.3) is 5.91 Å². The van der Waals surface area contributed by atoms with E-state index in [2.05, 4.69) is 15.3 Å². The Hall–Kier alpha value is -1.96. The van der Waals surface area contributed by atoms with Crippen molar-refractivity contribution in [3.05, 3.63) is 46.2 Å². The molecule has 0 aliphatic rings. The summed E-state index contributed by atoms with van der Waals surface area (Å²) in [6.45, 7) is 0.0644. The van der Waals surface area contributed by atoms with Gasteiger partial charge in [0, 0.05) is 6.20 Å². The van der Waals surface area contributed by atoms with E-state index < -0.39 is 22.7 Å². The van der Waals surface area contributed by atoms with Crippen LogP contribution >= 0.6 is 11.3 Å². The first-order valence-corrected chi connectivity index (χ1v) is 6.05. The highest BCUT2D eigenvalue weighted by atomic mass is 32.1. The molecule has 4 nitrogen and oxygen atoms in total. The van der Waals surface area contributed by atoms with Crippen molar-refractivity contribution in [1.82, 2.24) is 15.3 Å². The number of amides is 1. The molecule has 0 radical (unpaired) electrons. The van der Waals surface area contributed by atoms with Crippen LogP contribution in [0.5, 0.6) is 0 Å². The molecule has 100 valence electrons. The Bertz CT molecular complexity index is 568. The van der Waals surface area contributed by atoms with Crippen LogP contribution < -0.4 is 5.32 Å². The molecule has 0 saturated heterocycles. The number of carbonyl (C=O) groups excluding carboxylic acids is 1. The number of carbonyl (C=O) groups is 1. The summed E-state index contributed by atoms with van der Waals surface area (Å²) >= 11 is 0.656. The molecule has 0 fully saturated rings. The van der Waals surface area contributed by atoms with Crippen molar-refractivity contribution in [3.63, 3.8) is 0 Å². The molecule has 2 heterocycles. The highest BCUT2D eigenvalue weighted by molar-refractivity contribution is 7.11. The predicted molar refractivity (Wildman–Crippen MR) is 62.5 cm³/mol. The molecule has 0 aliphatic carbocycles.